The molecular weight excluding hydrogens is 294 g/mol. The van der Waals surface area contributed by atoms with Crippen LogP contribution in [-0.4, -0.2) is 17.0 Å². The molecule has 0 bridgehead atoms. The average molecular weight is 313 g/mol. The first kappa shape index (κ1) is 15.3. The number of hydrogen-bond donors (Lipinski definition) is 2. The number of hydrogen-bond acceptors (Lipinski definition) is 3. The van der Waals surface area contributed by atoms with E-state index in [9.17, 15) is 9.59 Å². The first-order valence-corrected chi connectivity index (χ1v) is 7.71. The Bertz CT molecular complexity index is 716. The molecule has 120 valence electrons. The summed E-state index contributed by atoms with van der Waals surface area (Å²) in [7, 11) is 0. The predicted octanol–water partition coefficient (Wildman–Crippen LogP) is 3.10. The van der Waals surface area contributed by atoms with Crippen molar-refractivity contribution in [3.05, 3.63) is 59.0 Å². The van der Waals surface area contributed by atoms with Gasteiger partial charge >= 0.3 is 5.97 Å². The molecular formula is C18H19NO4. The van der Waals surface area contributed by atoms with Crippen LogP contribution in [-0.2, 0) is 11.3 Å². The van der Waals surface area contributed by atoms with Crippen molar-refractivity contribution in [1.82, 2.24) is 5.32 Å². The van der Waals surface area contributed by atoms with Crippen molar-refractivity contribution in [2.45, 2.75) is 32.2 Å². The first-order chi connectivity index (χ1) is 11.1. The lowest BCUT2D eigenvalue weighted by Gasteiger charge is -2.16. The Morgan fingerprint density at radius 2 is 2.00 bits per heavy atom. The number of aromatic carboxylic acids is 1. The molecule has 5 heteroatoms. The van der Waals surface area contributed by atoms with Crippen LogP contribution < -0.4 is 5.32 Å². The lowest BCUT2D eigenvalue weighted by Crippen LogP contribution is -2.30. The number of aryl methyl sites for hydroxylation is 1. The van der Waals surface area contributed by atoms with Crippen LogP contribution in [0.1, 0.15) is 46.2 Å². The minimum Gasteiger partial charge on any atom is -0.478 e. The van der Waals surface area contributed by atoms with Crippen molar-refractivity contribution in [3.8, 4) is 0 Å². The average Bonchev–Trinajstić information content (AvgIpc) is 3.28. The van der Waals surface area contributed by atoms with Crippen LogP contribution in [0.2, 0.25) is 0 Å². The quantitative estimate of drug-likeness (QED) is 0.859. The number of carbonyl (C=O) groups excluding carboxylic acids is 1. The molecule has 5 nitrogen and oxygen atoms in total. The van der Waals surface area contributed by atoms with E-state index in [1.165, 1.54) is 6.07 Å². The van der Waals surface area contributed by atoms with E-state index in [4.69, 9.17) is 9.52 Å². The maximum absolute atomic E-state index is 12.6. The monoisotopic (exact) mass is 313 g/mol. The number of furan rings is 1. The van der Waals surface area contributed by atoms with Crippen LogP contribution in [0, 0.1) is 12.8 Å². The van der Waals surface area contributed by atoms with Gasteiger partial charge in [0.15, 0.2) is 0 Å². The van der Waals surface area contributed by atoms with Crippen molar-refractivity contribution < 1.29 is 19.1 Å². The number of carboxylic acids is 1. The third kappa shape index (κ3) is 3.44. The van der Waals surface area contributed by atoms with Gasteiger partial charge in [-0.15, -0.1) is 0 Å². The normalized spacial score (nSPS) is 15.2. The summed E-state index contributed by atoms with van der Waals surface area (Å²) in [5, 5.41) is 11.9. The summed E-state index contributed by atoms with van der Waals surface area (Å²) in [6, 6.07) is 11.2. The molecule has 0 saturated heterocycles. The first-order valence-electron chi connectivity index (χ1n) is 7.71. The maximum Gasteiger partial charge on any atom is 0.339 e. The van der Waals surface area contributed by atoms with Gasteiger partial charge in [-0.25, -0.2) is 4.79 Å². The van der Waals surface area contributed by atoms with Gasteiger partial charge in [-0.3, -0.25) is 4.79 Å². The van der Waals surface area contributed by atoms with Crippen molar-refractivity contribution in [3.63, 3.8) is 0 Å². The van der Waals surface area contributed by atoms with Gasteiger partial charge < -0.3 is 14.8 Å². The van der Waals surface area contributed by atoms with Gasteiger partial charge in [0.05, 0.1) is 12.5 Å². The molecule has 1 fully saturated rings. The molecule has 1 heterocycles. The van der Waals surface area contributed by atoms with Crippen LogP contribution in [0.15, 0.2) is 40.8 Å². The van der Waals surface area contributed by atoms with E-state index in [1.807, 2.05) is 30.3 Å². The van der Waals surface area contributed by atoms with Gasteiger partial charge in [0.1, 0.15) is 17.1 Å². The smallest absolute Gasteiger partial charge is 0.339 e. The summed E-state index contributed by atoms with van der Waals surface area (Å²) in [6.45, 7) is 1.80. The molecule has 0 aliphatic heterocycles. The summed E-state index contributed by atoms with van der Waals surface area (Å²) < 4.78 is 5.39. The molecule has 1 aromatic carbocycles. The number of nitrogens with one attached hydrogen (secondary N) is 1. The number of benzene rings is 1. The zero-order chi connectivity index (χ0) is 16.4. The van der Waals surface area contributed by atoms with Crippen LogP contribution in [0.3, 0.4) is 0 Å². The van der Waals surface area contributed by atoms with E-state index in [0.29, 0.717) is 17.4 Å². The molecule has 1 unspecified atom stereocenters. The highest BCUT2D eigenvalue weighted by atomic mass is 16.4. The van der Waals surface area contributed by atoms with Crippen LogP contribution in [0.4, 0.5) is 0 Å². The Kier molecular flexibility index (Phi) is 4.19. The Morgan fingerprint density at radius 3 is 2.57 bits per heavy atom. The molecule has 0 spiro atoms. The van der Waals surface area contributed by atoms with E-state index in [1.54, 1.807) is 6.92 Å². The van der Waals surface area contributed by atoms with Gasteiger partial charge in [-0.05, 0) is 37.3 Å². The predicted molar refractivity (Wildman–Crippen MR) is 84.2 cm³/mol. The summed E-state index contributed by atoms with van der Waals surface area (Å²) in [6.07, 6.45) is 2.13. The van der Waals surface area contributed by atoms with E-state index in [0.717, 1.165) is 18.4 Å². The van der Waals surface area contributed by atoms with Crippen LogP contribution >= 0.6 is 0 Å². The third-order valence-electron chi connectivity index (χ3n) is 4.17. The lowest BCUT2D eigenvalue weighted by molar-refractivity contribution is -0.123. The van der Waals surface area contributed by atoms with Crippen molar-refractivity contribution in [2.75, 3.05) is 0 Å². The number of carboxylic acid groups (broad SMARTS) is 1. The van der Waals surface area contributed by atoms with Crippen molar-refractivity contribution in [2.24, 2.45) is 5.92 Å². The highest BCUT2D eigenvalue weighted by Crippen LogP contribution is 2.42. The second-order valence-electron chi connectivity index (χ2n) is 5.93. The van der Waals surface area contributed by atoms with Gasteiger partial charge in [-0.1, -0.05) is 30.3 Å². The van der Waals surface area contributed by atoms with Gasteiger partial charge in [0.2, 0.25) is 5.91 Å². The number of carbonyl (C=O) groups is 2. The molecule has 0 radical (unpaired) electrons. The number of amides is 1. The molecule has 1 atom stereocenters. The maximum atomic E-state index is 12.6. The Hall–Kier alpha value is -2.56. The second-order valence-corrected chi connectivity index (χ2v) is 5.93. The van der Waals surface area contributed by atoms with Crippen LogP contribution in [0.5, 0.6) is 0 Å². The van der Waals surface area contributed by atoms with Gasteiger partial charge in [0.25, 0.3) is 0 Å². The highest BCUT2D eigenvalue weighted by molar-refractivity contribution is 5.89. The standard InChI is InChI=1S/C18H19NO4/c1-11-15(18(21)22)9-14(23-11)10-19-17(20)16(13-7-8-13)12-5-3-2-4-6-12/h2-6,9,13,16H,7-8,10H2,1H3,(H,19,20)(H,21,22). The van der Waals surface area contributed by atoms with E-state index >= 15 is 0 Å². The zero-order valence-electron chi connectivity index (χ0n) is 12.9. The summed E-state index contributed by atoms with van der Waals surface area (Å²) in [5.41, 5.74) is 1.16. The largest absolute Gasteiger partial charge is 0.478 e. The molecule has 3 rings (SSSR count). The Balaban J connectivity index is 1.68. The fraction of sp³-hybridized carbons (Fsp3) is 0.333. The van der Waals surface area contributed by atoms with Gasteiger partial charge in [-0.2, -0.15) is 0 Å². The molecule has 1 aliphatic carbocycles. The molecule has 2 aromatic rings. The number of rotatable bonds is 6. The SMILES string of the molecule is Cc1oc(CNC(=O)C(c2ccccc2)C2CC2)cc1C(=O)O. The molecule has 1 aromatic heterocycles. The van der Waals surface area contributed by atoms with E-state index in [-0.39, 0.29) is 23.9 Å². The molecule has 1 amide bonds. The minimum atomic E-state index is -1.02. The second kappa shape index (κ2) is 6.28. The fourth-order valence-electron chi connectivity index (χ4n) is 2.85. The summed E-state index contributed by atoms with van der Waals surface area (Å²) >= 11 is 0. The third-order valence-corrected chi connectivity index (χ3v) is 4.17. The minimum absolute atomic E-state index is 0.0374. The lowest BCUT2D eigenvalue weighted by atomic mass is 9.93. The zero-order valence-corrected chi connectivity index (χ0v) is 12.9. The molecule has 1 aliphatic rings. The fourth-order valence-corrected chi connectivity index (χ4v) is 2.85. The Morgan fingerprint density at radius 1 is 1.30 bits per heavy atom. The van der Waals surface area contributed by atoms with Crippen molar-refractivity contribution in [1.29, 1.82) is 0 Å². The van der Waals surface area contributed by atoms with E-state index in [2.05, 4.69) is 5.32 Å². The molecule has 1 saturated carbocycles. The van der Waals surface area contributed by atoms with Gasteiger partial charge in [0, 0.05) is 0 Å². The Labute approximate surface area is 134 Å². The molecule has 23 heavy (non-hydrogen) atoms. The summed E-state index contributed by atoms with van der Waals surface area (Å²) in [5.74, 6) is -0.00970. The highest BCUT2D eigenvalue weighted by Gasteiger charge is 2.37. The van der Waals surface area contributed by atoms with E-state index < -0.39 is 5.97 Å². The van der Waals surface area contributed by atoms with Crippen LogP contribution in [0.25, 0.3) is 0 Å². The molecule has 2 N–H and O–H groups in total. The summed E-state index contributed by atoms with van der Waals surface area (Å²) in [4.78, 5) is 23.6. The van der Waals surface area contributed by atoms with Crippen molar-refractivity contribution >= 4 is 11.9 Å². The topological polar surface area (TPSA) is 79.5 Å².